The normalized spacial score (nSPS) is 23.4. The van der Waals surface area contributed by atoms with Crippen molar-refractivity contribution in [2.45, 2.75) is 13.3 Å². The van der Waals surface area contributed by atoms with Crippen LogP contribution in [0.15, 0.2) is 11.9 Å². The van der Waals surface area contributed by atoms with E-state index in [1.807, 2.05) is 7.05 Å². The predicted molar refractivity (Wildman–Crippen MR) is 44.4 cm³/mol. The molecule has 4 nitrogen and oxygen atoms in total. The van der Waals surface area contributed by atoms with Crippen LogP contribution in [0.5, 0.6) is 0 Å². The van der Waals surface area contributed by atoms with Gasteiger partial charge in [-0.1, -0.05) is 12.6 Å². The second-order valence-electron chi connectivity index (χ2n) is 2.62. The quantitative estimate of drug-likeness (QED) is 0.564. The Balaban J connectivity index is 2.46. The molecule has 11 heavy (non-hydrogen) atoms. The lowest BCUT2D eigenvalue weighted by Gasteiger charge is -2.28. The Kier molecular flexibility index (Phi) is 2.73. The van der Waals surface area contributed by atoms with E-state index >= 15 is 0 Å². The molecule has 0 aliphatic carbocycles. The predicted octanol–water partition coefficient (Wildman–Crippen LogP) is -0.769. The van der Waals surface area contributed by atoms with Crippen LogP contribution in [0.2, 0.25) is 0 Å². The third-order valence-electron chi connectivity index (χ3n) is 1.76. The van der Waals surface area contributed by atoms with E-state index in [9.17, 15) is 0 Å². The van der Waals surface area contributed by atoms with E-state index in [2.05, 4.69) is 23.6 Å². The van der Waals surface area contributed by atoms with E-state index < -0.39 is 0 Å². The lowest BCUT2D eigenvalue weighted by molar-refractivity contribution is -0.949. The summed E-state index contributed by atoms with van der Waals surface area (Å²) in [7, 11) is 2.01. The molecule has 1 aliphatic rings. The highest BCUT2D eigenvalue weighted by Gasteiger charge is 2.09. The maximum absolute atomic E-state index is 5.43. The fraction of sp³-hybridized carbons (Fsp3) is 0.714. The number of rotatable bonds is 3. The van der Waals surface area contributed by atoms with Crippen molar-refractivity contribution in [2.75, 3.05) is 20.1 Å². The van der Waals surface area contributed by atoms with Crippen LogP contribution in [-0.4, -0.2) is 25.1 Å². The molecule has 0 aromatic carbocycles. The highest BCUT2D eigenvalue weighted by atomic mass is 15.8. The SMILES string of the molecule is CCC1=CN(CCN)[NH+](C)[N-]1. The molecule has 0 saturated carbocycles. The van der Waals surface area contributed by atoms with Gasteiger partial charge in [-0.25, -0.2) is 5.01 Å². The summed E-state index contributed by atoms with van der Waals surface area (Å²) in [5, 5.41) is 3.16. The summed E-state index contributed by atoms with van der Waals surface area (Å²) in [6.45, 7) is 3.66. The third kappa shape index (κ3) is 1.85. The Morgan fingerprint density at radius 2 is 2.45 bits per heavy atom. The minimum absolute atomic E-state index is 0.681. The summed E-state index contributed by atoms with van der Waals surface area (Å²) < 4.78 is 0. The first kappa shape index (κ1) is 8.36. The minimum Gasteiger partial charge on any atom is -0.464 e. The molecule has 0 fully saturated rings. The van der Waals surface area contributed by atoms with Crippen LogP contribution in [0.3, 0.4) is 0 Å². The molecule has 1 rings (SSSR count). The van der Waals surface area contributed by atoms with Gasteiger partial charge in [-0.3, -0.25) is 5.12 Å². The van der Waals surface area contributed by atoms with Gasteiger partial charge >= 0.3 is 0 Å². The van der Waals surface area contributed by atoms with Gasteiger partial charge in [0.2, 0.25) is 0 Å². The first-order valence-corrected chi connectivity index (χ1v) is 4.00. The van der Waals surface area contributed by atoms with E-state index in [4.69, 9.17) is 5.73 Å². The van der Waals surface area contributed by atoms with Crippen molar-refractivity contribution in [1.82, 2.24) is 5.01 Å². The van der Waals surface area contributed by atoms with Gasteiger partial charge < -0.3 is 11.2 Å². The van der Waals surface area contributed by atoms with Gasteiger partial charge in [0.15, 0.2) is 0 Å². The fourth-order valence-corrected chi connectivity index (χ4v) is 1.11. The van der Waals surface area contributed by atoms with Crippen LogP contribution in [-0.2, 0) is 0 Å². The summed E-state index contributed by atoms with van der Waals surface area (Å²) in [6, 6.07) is 0. The van der Waals surface area contributed by atoms with Crippen molar-refractivity contribution < 1.29 is 5.12 Å². The molecule has 1 aliphatic heterocycles. The largest absolute Gasteiger partial charge is 0.464 e. The summed E-state index contributed by atoms with van der Waals surface area (Å²) >= 11 is 0. The molecular weight excluding hydrogens is 140 g/mol. The molecule has 1 unspecified atom stereocenters. The van der Waals surface area contributed by atoms with Crippen LogP contribution >= 0.6 is 0 Å². The molecule has 0 radical (unpaired) electrons. The fourth-order valence-electron chi connectivity index (χ4n) is 1.11. The first-order valence-electron chi connectivity index (χ1n) is 4.00. The smallest absolute Gasteiger partial charge is 0.0842 e. The van der Waals surface area contributed by atoms with Gasteiger partial charge in [-0.2, -0.15) is 0 Å². The highest BCUT2D eigenvalue weighted by molar-refractivity contribution is 5.11. The van der Waals surface area contributed by atoms with Crippen LogP contribution in [0.4, 0.5) is 0 Å². The molecule has 0 amide bonds. The van der Waals surface area contributed by atoms with Crippen molar-refractivity contribution in [2.24, 2.45) is 5.73 Å². The van der Waals surface area contributed by atoms with Gasteiger partial charge in [0.05, 0.1) is 13.6 Å². The molecule has 4 heteroatoms. The van der Waals surface area contributed by atoms with Crippen molar-refractivity contribution >= 4 is 0 Å². The number of nitrogens with two attached hydrogens (primary N) is 1. The standard InChI is InChI=1S/C7H16N4/c1-3-7-6-11(5-4-8)10(2)9-7/h6,10H,3-5,8H2,1-2H3. The van der Waals surface area contributed by atoms with E-state index in [1.54, 1.807) is 0 Å². The Labute approximate surface area is 67.6 Å². The number of allylic oxidation sites excluding steroid dienone is 1. The topological polar surface area (TPSA) is 47.8 Å². The molecule has 64 valence electrons. The lowest BCUT2D eigenvalue weighted by atomic mass is 10.4. The van der Waals surface area contributed by atoms with Gasteiger partial charge in [0.25, 0.3) is 0 Å². The summed E-state index contributed by atoms with van der Waals surface area (Å²) in [5.74, 6) is 0. The maximum Gasteiger partial charge on any atom is 0.0842 e. The summed E-state index contributed by atoms with van der Waals surface area (Å²) in [5.41, 5.74) is 10.9. The van der Waals surface area contributed by atoms with Crippen molar-refractivity contribution in [1.29, 1.82) is 0 Å². The Bertz CT molecular complexity index is 155. The Morgan fingerprint density at radius 3 is 2.91 bits per heavy atom. The summed E-state index contributed by atoms with van der Waals surface area (Å²) in [6.07, 6.45) is 3.07. The molecule has 1 heterocycles. The second-order valence-corrected chi connectivity index (χ2v) is 2.62. The molecule has 1 atom stereocenters. The van der Waals surface area contributed by atoms with E-state index in [0.29, 0.717) is 6.54 Å². The van der Waals surface area contributed by atoms with Crippen molar-refractivity contribution in [3.05, 3.63) is 17.3 Å². The number of hydrogen-bond donors (Lipinski definition) is 2. The van der Waals surface area contributed by atoms with Gasteiger partial charge in [0.1, 0.15) is 0 Å². The average molecular weight is 156 g/mol. The first-order chi connectivity index (χ1) is 5.27. The van der Waals surface area contributed by atoms with Crippen LogP contribution in [0, 0.1) is 0 Å². The number of nitrogens with one attached hydrogen (secondary N) is 1. The zero-order valence-corrected chi connectivity index (χ0v) is 7.17. The van der Waals surface area contributed by atoms with Crippen molar-refractivity contribution in [3.63, 3.8) is 0 Å². The molecular formula is C7H16N4. The number of hydrogen-bond acceptors (Lipinski definition) is 2. The van der Waals surface area contributed by atoms with Crippen molar-refractivity contribution in [3.8, 4) is 0 Å². The Morgan fingerprint density at radius 1 is 1.73 bits per heavy atom. The Hall–Kier alpha value is -0.740. The highest BCUT2D eigenvalue weighted by Crippen LogP contribution is 2.09. The summed E-state index contributed by atoms with van der Waals surface area (Å²) in [4.78, 5) is 0. The van der Waals surface area contributed by atoms with Crippen LogP contribution in [0.25, 0.3) is 5.43 Å². The molecule has 0 bridgehead atoms. The van der Waals surface area contributed by atoms with Crippen LogP contribution < -0.4 is 10.9 Å². The zero-order valence-electron chi connectivity index (χ0n) is 7.17. The molecule has 0 spiro atoms. The lowest BCUT2D eigenvalue weighted by Crippen LogP contribution is -3.09. The third-order valence-corrected chi connectivity index (χ3v) is 1.76. The molecule has 3 N–H and O–H groups in total. The monoisotopic (exact) mass is 156 g/mol. The molecule has 0 saturated heterocycles. The van der Waals surface area contributed by atoms with E-state index in [-0.39, 0.29) is 0 Å². The zero-order chi connectivity index (χ0) is 8.27. The van der Waals surface area contributed by atoms with Gasteiger partial charge in [0, 0.05) is 12.7 Å². The maximum atomic E-state index is 5.43. The molecule has 0 aromatic rings. The van der Waals surface area contributed by atoms with Gasteiger partial charge in [-0.05, 0) is 6.42 Å². The van der Waals surface area contributed by atoms with Crippen LogP contribution in [0.1, 0.15) is 13.3 Å². The molecule has 0 aromatic heterocycles. The minimum atomic E-state index is 0.681. The number of nitrogens with zero attached hydrogens (tertiary/aromatic N) is 2. The van der Waals surface area contributed by atoms with E-state index in [0.717, 1.165) is 23.8 Å². The number of quaternary nitrogens is 1. The second kappa shape index (κ2) is 3.59. The van der Waals surface area contributed by atoms with E-state index in [1.165, 1.54) is 0 Å². The van der Waals surface area contributed by atoms with Gasteiger partial charge in [-0.15, -0.1) is 0 Å². The average Bonchev–Trinajstić information content (AvgIpc) is 2.33.